The molecule has 22 heavy (non-hydrogen) atoms. The number of phenolic OH excluding ortho intramolecular Hbond substituents is 1. The lowest BCUT2D eigenvalue weighted by molar-refractivity contribution is -0.116. The molecule has 2 N–H and O–H groups in total. The minimum absolute atomic E-state index is 0.0357. The Kier molecular flexibility index (Phi) is 4.39. The van der Waals surface area contributed by atoms with Crippen molar-refractivity contribution in [3.05, 3.63) is 59.5 Å². The molecule has 1 aromatic heterocycles. The van der Waals surface area contributed by atoms with Crippen molar-refractivity contribution in [3.63, 3.8) is 0 Å². The summed E-state index contributed by atoms with van der Waals surface area (Å²) in [4.78, 5) is 11.9. The lowest BCUT2D eigenvalue weighted by atomic mass is 10.1. The SMILES string of the molecule is O=C(CCCc1csc2ccc(O)cc12)Nc1ccccc1. The van der Waals surface area contributed by atoms with E-state index < -0.39 is 0 Å². The number of amides is 1. The Labute approximate surface area is 133 Å². The van der Waals surface area contributed by atoms with Crippen LogP contribution in [0.4, 0.5) is 5.69 Å². The predicted octanol–water partition coefficient (Wildman–Crippen LogP) is 4.57. The van der Waals surface area contributed by atoms with Crippen LogP contribution in [0, 0.1) is 0 Å². The van der Waals surface area contributed by atoms with Gasteiger partial charge < -0.3 is 10.4 Å². The number of thiophene rings is 1. The molecule has 0 unspecified atom stereocenters. The van der Waals surface area contributed by atoms with Gasteiger partial charge in [0.05, 0.1) is 0 Å². The fraction of sp³-hybridized carbons (Fsp3) is 0.167. The molecule has 3 nitrogen and oxygen atoms in total. The summed E-state index contributed by atoms with van der Waals surface area (Å²) < 4.78 is 1.17. The monoisotopic (exact) mass is 311 g/mol. The Balaban J connectivity index is 1.56. The zero-order chi connectivity index (χ0) is 15.4. The first-order chi connectivity index (χ1) is 10.7. The van der Waals surface area contributed by atoms with Crippen LogP contribution >= 0.6 is 11.3 Å². The lowest BCUT2D eigenvalue weighted by Crippen LogP contribution is -2.11. The maximum Gasteiger partial charge on any atom is 0.224 e. The van der Waals surface area contributed by atoms with Crippen LogP contribution in [0.3, 0.4) is 0 Å². The fourth-order valence-corrected chi connectivity index (χ4v) is 3.43. The summed E-state index contributed by atoms with van der Waals surface area (Å²) in [6.45, 7) is 0. The number of para-hydroxylation sites is 1. The number of carbonyl (C=O) groups is 1. The summed E-state index contributed by atoms with van der Waals surface area (Å²) in [5, 5.41) is 15.7. The molecule has 112 valence electrons. The van der Waals surface area contributed by atoms with Gasteiger partial charge >= 0.3 is 0 Å². The van der Waals surface area contributed by atoms with Crippen molar-refractivity contribution >= 4 is 33.0 Å². The number of aryl methyl sites for hydroxylation is 1. The summed E-state index contributed by atoms with van der Waals surface area (Å²) in [7, 11) is 0. The van der Waals surface area contributed by atoms with Crippen LogP contribution in [-0.2, 0) is 11.2 Å². The molecule has 1 amide bonds. The van der Waals surface area contributed by atoms with Crippen LogP contribution in [0.15, 0.2) is 53.9 Å². The van der Waals surface area contributed by atoms with Crippen molar-refractivity contribution in [2.45, 2.75) is 19.3 Å². The first kappa shape index (κ1) is 14.6. The van der Waals surface area contributed by atoms with E-state index in [2.05, 4.69) is 10.7 Å². The van der Waals surface area contributed by atoms with Gasteiger partial charge in [-0.05, 0) is 59.5 Å². The van der Waals surface area contributed by atoms with Gasteiger partial charge in [0.1, 0.15) is 5.75 Å². The van der Waals surface area contributed by atoms with E-state index in [4.69, 9.17) is 0 Å². The normalized spacial score (nSPS) is 10.7. The number of benzene rings is 2. The van der Waals surface area contributed by atoms with Gasteiger partial charge in [-0.1, -0.05) is 18.2 Å². The van der Waals surface area contributed by atoms with Crippen molar-refractivity contribution in [1.29, 1.82) is 0 Å². The highest BCUT2D eigenvalue weighted by atomic mass is 32.1. The molecule has 0 fully saturated rings. The molecule has 0 saturated heterocycles. The van der Waals surface area contributed by atoms with Crippen LogP contribution in [0.25, 0.3) is 10.1 Å². The van der Waals surface area contributed by atoms with E-state index in [9.17, 15) is 9.90 Å². The highest BCUT2D eigenvalue weighted by Gasteiger charge is 2.07. The number of phenols is 1. The zero-order valence-corrected chi connectivity index (χ0v) is 12.9. The lowest BCUT2D eigenvalue weighted by Gasteiger charge is -2.05. The van der Waals surface area contributed by atoms with E-state index in [0.29, 0.717) is 6.42 Å². The zero-order valence-electron chi connectivity index (χ0n) is 12.1. The summed E-state index contributed by atoms with van der Waals surface area (Å²) in [6.07, 6.45) is 2.12. The summed E-state index contributed by atoms with van der Waals surface area (Å²) in [5.41, 5.74) is 2.03. The number of anilines is 1. The topological polar surface area (TPSA) is 49.3 Å². The van der Waals surface area contributed by atoms with Crippen molar-refractivity contribution in [3.8, 4) is 5.75 Å². The Morgan fingerprint density at radius 2 is 1.95 bits per heavy atom. The number of carbonyl (C=O) groups excluding carboxylic acids is 1. The maximum atomic E-state index is 11.9. The highest BCUT2D eigenvalue weighted by Crippen LogP contribution is 2.30. The quantitative estimate of drug-likeness (QED) is 0.725. The molecular formula is C18H17NO2S. The molecule has 4 heteroatoms. The Morgan fingerprint density at radius 3 is 2.77 bits per heavy atom. The maximum absolute atomic E-state index is 11.9. The molecule has 0 aliphatic carbocycles. The molecule has 0 saturated carbocycles. The molecule has 0 aliphatic heterocycles. The van der Waals surface area contributed by atoms with Gasteiger partial charge in [-0.25, -0.2) is 0 Å². The van der Waals surface area contributed by atoms with E-state index in [1.54, 1.807) is 23.5 Å². The van der Waals surface area contributed by atoms with Crippen molar-refractivity contribution < 1.29 is 9.90 Å². The Hall–Kier alpha value is -2.33. The van der Waals surface area contributed by atoms with Crippen LogP contribution in [-0.4, -0.2) is 11.0 Å². The minimum atomic E-state index is 0.0357. The van der Waals surface area contributed by atoms with Crippen LogP contribution < -0.4 is 5.32 Å². The van der Waals surface area contributed by atoms with Gasteiger partial charge in [-0.15, -0.1) is 11.3 Å². The summed E-state index contributed by atoms with van der Waals surface area (Å²) >= 11 is 1.67. The third kappa shape index (κ3) is 3.46. The van der Waals surface area contributed by atoms with Gasteiger partial charge in [0.15, 0.2) is 0 Å². The number of rotatable bonds is 5. The second kappa shape index (κ2) is 6.62. The van der Waals surface area contributed by atoms with Gasteiger partial charge in [0, 0.05) is 16.8 Å². The number of hydrogen-bond donors (Lipinski definition) is 2. The average molecular weight is 311 g/mol. The first-order valence-corrected chi connectivity index (χ1v) is 8.14. The predicted molar refractivity (Wildman–Crippen MR) is 91.5 cm³/mol. The molecular weight excluding hydrogens is 294 g/mol. The van der Waals surface area contributed by atoms with Gasteiger partial charge in [-0.2, -0.15) is 0 Å². The first-order valence-electron chi connectivity index (χ1n) is 7.26. The largest absolute Gasteiger partial charge is 0.508 e. The molecule has 3 aromatic rings. The van der Waals surface area contributed by atoms with E-state index in [0.717, 1.165) is 23.9 Å². The van der Waals surface area contributed by atoms with Crippen molar-refractivity contribution in [2.24, 2.45) is 0 Å². The molecule has 0 aliphatic rings. The fourth-order valence-electron chi connectivity index (χ4n) is 2.45. The van der Waals surface area contributed by atoms with Gasteiger partial charge in [-0.3, -0.25) is 4.79 Å². The Bertz CT molecular complexity index is 780. The molecule has 2 aromatic carbocycles. The Morgan fingerprint density at radius 1 is 1.14 bits per heavy atom. The minimum Gasteiger partial charge on any atom is -0.508 e. The standard InChI is InChI=1S/C18H17NO2S/c20-15-9-10-17-16(11-15)13(12-22-17)5-4-8-18(21)19-14-6-2-1-3-7-14/h1-3,6-7,9-12,20H,4-5,8H2,(H,19,21). The average Bonchev–Trinajstić information content (AvgIpc) is 2.91. The molecule has 0 atom stereocenters. The van der Waals surface area contributed by atoms with Gasteiger partial charge in [0.25, 0.3) is 0 Å². The number of hydrogen-bond acceptors (Lipinski definition) is 3. The van der Waals surface area contributed by atoms with Crippen molar-refractivity contribution in [2.75, 3.05) is 5.32 Å². The highest BCUT2D eigenvalue weighted by molar-refractivity contribution is 7.17. The van der Waals surface area contributed by atoms with Crippen LogP contribution in [0.1, 0.15) is 18.4 Å². The number of aromatic hydroxyl groups is 1. The third-order valence-corrected chi connectivity index (χ3v) is 4.56. The van der Waals surface area contributed by atoms with Crippen LogP contribution in [0.5, 0.6) is 5.75 Å². The second-order valence-electron chi connectivity index (χ2n) is 5.21. The number of nitrogens with one attached hydrogen (secondary N) is 1. The summed E-state index contributed by atoms with van der Waals surface area (Å²) in [5.74, 6) is 0.322. The molecule has 3 rings (SSSR count). The molecule has 0 radical (unpaired) electrons. The number of fused-ring (bicyclic) bond motifs is 1. The molecule has 0 spiro atoms. The van der Waals surface area contributed by atoms with Crippen molar-refractivity contribution in [1.82, 2.24) is 0 Å². The van der Waals surface area contributed by atoms with E-state index in [1.807, 2.05) is 36.4 Å². The molecule has 1 heterocycles. The third-order valence-electron chi connectivity index (χ3n) is 3.54. The van der Waals surface area contributed by atoms with E-state index >= 15 is 0 Å². The van der Waals surface area contributed by atoms with E-state index in [-0.39, 0.29) is 11.7 Å². The van der Waals surface area contributed by atoms with Gasteiger partial charge in [0.2, 0.25) is 5.91 Å². The second-order valence-corrected chi connectivity index (χ2v) is 6.12. The van der Waals surface area contributed by atoms with E-state index in [1.165, 1.54) is 10.3 Å². The summed E-state index contributed by atoms with van der Waals surface area (Å²) in [6, 6.07) is 14.9. The smallest absolute Gasteiger partial charge is 0.224 e. The molecule has 0 bridgehead atoms. The van der Waals surface area contributed by atoms with Crippen LogP contribution in [0.2, 0.25) is 0 Å².